The van der Waals surface area contributed by atoms with Crippen LogP contribution in [0.25, 0.3) is 5.57 Å². The molecule has 0 spiro atoms. The maximum atomic E-state index is 12.9. The van der Waals surface area contributed by atoms with Crippen molar-refractivity contribution in [2.24, 2.45) is 5.41 Å². The van der Waals surface area contributed by atoms with E-state index in [1.165, 1.54) is 6.20 Å². The van der Waals surface area contributed by atoms with E-state index in [1.54, 1.807) is 0 Å². The summed E-state index contributed by atoms with van der Waals surface area (Å²) in [5.41, 5.74) is 3.03. The molecule has 8 heteroatoms. The van der Waals surface area contributed by atoms with Crippen LogP contribution in [0.1, 0.15) is 82.8 Å². The number of amides is 1. The zero-order chi connectivity index (χ0) is 24.7. The van der Waals surface area contributed by atoms with Crippen molar-refractivity contribution in [2.45, 2.75) is 71.9 Å². The normalized spacial score (nSPS) is 20.9. The first-order chi connectivity index (χ1) is 15.9. The summed E-state index contributed by atoms with van der Waals surface area (Å²) in [5.74, 6) is 0.626. The van der Waals surface area contributed by atoms with Crippen LogP contribution in [-0.2, 0) is 0 Å². The lowest BCUT2D eigenvalue weighted by atomic mass is 9.77. The molecule has 2 aromatic rings. The van der Waals surface area contributed by atoms with Crippen molar-refractivity contribution >= 4 is 23.0 Å². The molecule has 34 heavy (non-hydrogen) atoms. The minimum Gasteiger partial charge on any atom is -0.353 e. The zero-order valence-corrected chi connectivity index (χ0v) is 21.0. The number of nitrogens with zero attached hydrogens (tertiary/aromatic N) is 4. The van der Waals surface area contributed by atoms with Gasteiger partial charge in [0.05, 0.1) is 17.6 Å². The van der Waals surface area contributed by atoms with Gasteiger partial charge in [-0.05, 0) is 70.1 Å². The number of anilines is 2. The second kappa shape index (κ2) is 8.55. The van der Waals surface area contributed by atoms with Gasteiger partial charge in [-0.2, -0.15) is 5.26 Å². The monoisotopic (exact) mass is 461 g/mol. The summed E-state index contributed by atoms with van der Waals surface area (Å²) in [4.78, 5) is 27.0. The number of imidazole rings is 1. The van der Waals surface area contributed by atoms with E-state index in [4.69, 9.17) is 10.2 Å². The highest BCUT2D eigenvalue weighted by Crippen LogP contribution is 2.40. The number of pyridine rings is 1. The largest absolute Gasteiger partial charge is 0.353 e. The summed E-state index contributed by atoms with van der Waals surface area (Å²) in [7, 11) is 0. The number of rotatable bonds is 4. The number of piperazine rings is 1. The molecule has 0 aromatic carbocycles. The van der Waals surface area contributed by atoms with Gasteiger partial charge in [0.25, 0.3) is 5.91 Å². The molecule has 3 N–H and O–H groups in total. The maximum absolute atomic E-state index is 12.9. The molecular formula is C26H35N7O. The Bertz CT molecular complexity index is 1150. The van der Waals surface area contributed by atoms with Gasteiger partial charge in [-0.15, -0.1) is 0 Å². The molecule has 3 heterocycles. The Morgan fingerprint density at radius 2 is 1.85 bits per heavy atom. The van der Waals surface area contributed by atoms with E-state index in [1.807, 2.05) is 18.2 Å². The van der Waals surface area contributed by atoms with Gasteiger partial charge < -0.3 is 20.5 Å². The molecule has 1 saturated heterocycles. The van der Waals surface area contributed by atoms with Crippen molar-refractivity contribution in [2.75, 3.05) is 23.3 Å². The number of aromatic amines is 1. The third kappa shape index (κ3) is 5.31. The molecule has 0 atom stereocenters. The number of hydrogen-bond donors (Lipinski definition) is 3. The van der Waals surface area contributed by atoms with E-state index < -0.39 is 5.91 Å². The fraction of sp³-hybridized carbons (Fsp3) is 0.538. The summed E-state index contributed by atoms with van der Waals surface area (Å²) >= 11 is 0. The minimum atomic E-state index is -0.390. The Hall–Kier alpha value is -3.18. The highest BCUT2D eigenvalue weighted by Gasteiger charge is 2.37. The Balaban J connectivity index is 1.69. The first-order valence-corrected chi connectivity index (χ1v) is 11.9. The predicted molar refractivity (Wildman–Crippen MR) is 135 cm³/mol. The van der Waals surface area contributed by atoms with Crippen LogP contribution in [0.2, 0.25) is 0 Å². The molecule has 2 aliphatic rings. The van der Waals surface area contributed by atoms with Gasteiger partial charge in [0, 0.05) is 24.2 Å². The van der Waals surface area contributed by atoms with E-state index in [9.17, 15) is 4.79 Å². The zero-order valence-electron chi connectivity index (χ0n) is 21.0. The average Bonchev–Trinajstić information content (AvgIpc) is 3.21. The first-order valence-electron chi connectivity index (χ1n) is 11.9. The number of allylic oxidation sites excluding steroid dienone is 2. The van der Waals surface area contributed by atoms with Gasteiger partial charge in [-0.3, -0.25) is 4.79 Å². The molecule has 0 unspecified atom stereocenters. The number of carbonyl (C=O) groups excluding carboxylic acids is 1. The molecule has 1 aliphatic heterocycles. The standard InChI is InChI=1S/C26H35N7O/c1-24(2)11-9-17(10-12-24)21-19(30-23(34)22-28-14-18(13-27)29-22)7-8-20(31-21)33-15-25(3,4)32-26(5,6)16-33/h7-9,14,32H,10-12,15-16H2,1-6H3,(H,28,29)(H,30,34). The average molecular weight is 462 g/mol. The molecule has 0 bridgehead atoms. The summed E-state index contributed by atoms with van der Waals surface area (Å²) in [6.07, 6.45) is 6.56. The van der Waals surface area contributed by atoms with Crippen LogP contribution in [-0.4, -0.2) is 45.0 Å². The van der Waals surface area contributed by atoms with Crippen LogP contribution in [0, 0.1) is 16.7 Å². The van der Waals surface area contributed by atoms with Crippen molar-refractivity contribution in [3.05, 3.63) is 41.6 Å². The molecule has 1 fully saturated rings. The van der Waals surface area contributed by atoms with E-state index in [0.717, 1.165) is 49.4 Å². The van der Waals surface area contributed by atoms with Gasteiger partial charge in [-0.25, -0.2) is 9.97 Å². The molecule has 4 rings (SSSR count). The Morgan fingerprint density at radius 3 is 2.44 bits per heavy atom. The lowest BCUT2D eigenvalue weighted by Gasteiger charge is -2.48. The Labute approximate surface area is 201 Å². The molecular weight excluding hydrogens is 426 g/mol. The van der Waals surface area contributed by atoms with E-state index in [0.29, 0.717) is 5.69 Å². The Morgan fingerprint density at radius 1 is 1.15 bits per heavy atom. The molecule has 2 aromatic heterocycles. The topological polar surface area (TPSA) is 110 Å². The maximum Gasteiger partial charge on any atom is 0.291 e. The summed E-state index contributed by atoms with van der Waals surface area (Å²) < 4.78 is 0. The fourth-order valence-corrected chi connectivity index (χ4v) is 5.10. The van der Waals surface area contributed by atoms with Crippen molar-refractivity contribution in [3.63, 3.8) is 0 Å². The summed E-state index contributed by atoms with van der Waals surface area (Å²) in [6, 6.07) is 5.88. The second-order valence-corrected chi connectivity index (χ2v) is 11.6. The third-order valence-electron chi connectivity index (χ3n) is 6.49. The smallest absolute Gasteiger partial charge is 0.291 e. The lowest BCUT2D eigenvalue weighted by Crippen LogP contribution is -2.67. The first kappa shape index (κ1) is 24.0. The van der Waals surface area contributed by atoms with Crippen molar-refractivity contribution < 1.29 is 4.79 Å². The summed E-state index contributed by atoms with van der Waals surface area (Å²) in [5, 5.41) is 15.7. The Kier molecular flexibility index (Phi) is 6.03. The minimum absolute atomic E-state index is 0.0532. The molecule has 0 radical (unpaired) electrons. The highest BCUT2D eigenvalue weighted by atomic mass is 16.2. The van der Waals surface area contributed by atoms with Crippen molar-refractivity contribution in [3.8, 4) is 6.07 Å². The number of nitriles is 1. The molecule has 1 aliphatic carbocycles. The van der Waals surface area contributed by atoms with Gasteiger partial charge in [0.1, 0.15) is 17.6 Å². The number of carbonyl (C=O) groups is 1. The van der Waals surface area contributed by atoms with Crippen molar-refractivity contribution in [1.82, 2.24) is 20.3 Å². The van der Waals surface area contributed by atoms with Crippen LogP contribution in [0.3, 0.4) is 0 Å². The van der Waals surface area contributed by atoms with E-state index in [-0.39, 0.29) is 28.0 Å². The van der Waals surface area contributed by atoms with Gasteiger partial charge in [-0.1, -0.05) is 19.9 Å². The number of aromatic nitrogens is 3. The fourth-order valence-electron chi connectivity index (χ4n) is 5.10. The predicted octanol–water partition coefficient (Wildman–Crippen LogP) is 4.49. The molecule has 180 valence electrons. The van der Waals surface area contributed by atoms with Crippen LogP contribution in [0.15, 0.2) is 24.4 Å². The molecule has 8 nitrogen and oxygen atoms in total. The SMILES string of the molecule is CC1(C)CC=C(c2nc(N3CC(C)(C)NC(C)(C)C3)ccc2NC(=O)c2ncc(C#N)[nH]2)CC1. The quantitative estimate of drug-likeness (QED) is 0.619. The molecule has 1 amide bonds. The number of H-pyrrole nitrogens is 1. The van der Waals surface area contributed by atoms with Gasteiger partial charge in [0.2, 0.25) is 0 Å². The molecule has 0 saturated carbocycles. The van der Waals surface area contributed by atoms with E-state index in [2.05, 4.69) is 73.1 Å². The van der Waals surface area contributed by atoms with Crippen LogP contribution >= 0.6 is 0 Å². The third-order valence-corrected chi connectivity index (χ3v) is 6.49. The van der Waals surface area contributed by atoms with Crippen LogP contribution in [0.5, 0.6) is 0 Å². The second-order valence-electron chi connectivity index (χ2n) is 11.6. The van der Waals surface area contributed by atoms with Crippen LogP contribution in [0.4, 0.5) is 11.5 Å². The van der Waals surface area contributed by atoms with Gasteiger partial charge >= 0.3 is 0 Å². The lowest BCUT2D eigenvalue weighted by molar-refractivity contribution is 0.101. The highest BCUT2D eigenvalue weighted by molar-refractivity contribution is 6.03. The number of hydrogen-bond acceptors (Lipinski definition) is 6. The van der Waals surface area contributed by atoms with Gasteiger partial charge in [0.15, 0.2) is 5.82 Å². The van der Waals surface area contributed by atoms with Crippen molar-refractivity contribution in [1.29, 1.82) is 5.26 Å². The number of nitrogens with one attached hydrogen (secondary N) is 3. The van der Waals surface area contributed by atoms with Crippen LogP contribution < -0.4 is 15.5 Å². The van der Waals surface area contributed by atoms with E-state index >= 15 is 0 Å². The summed E-state index contributed by atoms with van der Waals surface area (Å²) in [6.45, 7) is 15.1.